The lowest BCUT2D eigenvalue weighted by atomic mass is 10.1. The molecule has 1 aromatic heterocycles. The van der Waals surface area contributed by atoms with Crippen LogP contribution in [0.25, 0.3) is 5.69 Å². The minimum atomic E-state index is -0.467. The van der Waals surface area contributed by atoms with Gasteiger partial charge in [0, 0.05) is 19.2 Å². The van der Waals surface area contributed by atoms with Gasteiger partial charge in [-0.05, 0) is 56.1 Å². The van der Waals surface area contributed by atoms with Gasteiger partial charge >= 0.3 is 0 Å². The molecule has 6 heteroatoms. The predicted molar refractivity (Wildman–Crippen MR) is 143 cm³/mol. The molecule has 4 rings (SSSR count). The average Bonchev–Trinajstić information content (AvgIpc) is 3.20. The van der Waals surface area contributed by atoms with Gasteiger partial charge in [0.15, 0.2) is 0 Å². The number of para-hydroxylation sites is 1. The predicted octanol–water partition coefficient (Wildman–Crippen LogP) is 5.80. The molecule has 1 heterocycles. The van der Waals surface area contributed by atoms with Crippen LogP contribution in [0.3, 0.4) is 0 Å². The first-order valence-corrected chi connectivity index (χ1v) is 12.5. The Bertz CT molecular complexity index is 1220. The fourth-order valence-corrected chi connectivity index (χ4v) is 4.37. The molecule has 0 aliphatic heterocycles. The summed E-state index contributed by atoms with van der Waals surface area (Å²) in [6.45, 7) is 6.22. The fraction of sp³-hybridized carbons (Fsp3) is 0.300. The fourth-order valence-electron chi connectivity index (χ4n) is 4.37. The molecule has 0 saturated carbocycles. The van der Waals surface area contributed by atoms with Gasteiger partial charge in [-0.25, -0.2) is 4.68 Å². The van der Waals surface area contributed by atoms with E-state index in [9.17, 15) is 5.11 Å². The minimum absolute atomic E-state index is 0.467. The number of aliphatic hydroxyl groups is 1. The number of benzene rings is 3. The van der Waals surface area contributed by atoms with E-state index in [4.69, 9.17) is 14.6 Å². The lowest BCUT2D eigenvalue weighted by molar-refractivity contribution is 0.108. The molecule has 6 nitrogen and oxygen atoms in total. The molecule has 0 fully saturated rings. The molecule has 3 aromatic carbocycles. The molecule has 1 atom stereocenters. The van der Waals surface area contributed by atoms with E-state index in [0.717, 1.165) is 41.2 Å². The van der Waals surface area contributed by atoms with Crippen molar-refractivity contribution in [3.8, 4) is 23.1 Å². The van der Waals surface area contributed by atoms with Gasteiger partial charge in [0.25, 0.3) is 0 Å². The molecular weight excluding hydrogens is 450 g/mol. The van der Waals surface area contributed by atoms with Crippen LogP contribution in [0, 0.1) is 6.92 Å². The van der Waals surface area contributed by atoms with Crippen molar-refractivity contribution < 1.29 is 14.6 Å². The van der Waals surface area contributed by atoms with E-state index in [-0.39, 0.29) is 0 Å². The van der Waals surface area contributed by atoms with Crippen molar-refractivity contribution in [2.75, 3.05) is 20.2 Å². The molecule has 188 valence electrons. The van der Waals surface area contributed by atoms with Crippen molar-refractivity contribution >= 4 is 0 Å². The van der Waals surface area contributed by atoms with Gasteiger partial charge < -0.3 is 14.6 Å². The van der Waals surface area contributed by atoms with E-state index in [0.29, 0.717) is 31.1 Å². The Morgan fingerprint density at radius 2 is 1.64 bits per heavy atom. The Kier molecular flexibility index (Phi) is 8.76. The lowest BCUT2D eigenvalue weighted by Gasteiger charge is -2.25. The summed E-state index contributed by atoms with van der Waals surface area (Å²) in [4.78, 5) is 2.28. The number of aromatic nitrogens is 2. The number of nitrogens with zero attached hydrogens (tertiary/aromatic N) is 3. The normalized spacial score (nSPS) is 12.0. The molecule has 0 amide bonds. The van der Waals surface area contributed by atoms with Crippen LogP contribution in [0.15, 0.2) is 84.9 Å². The first-order chi connectivity index (χ1) is 17.6. The topological polar surface area (TPSA) is 59.8 Å². The zero-order valence-corrected chi connectivity index (χ0v) is 21.3. The Balaban J connectivity index is 1.63. The molecule has 1 N–H and O–H groups in total. The van der Waals surface area contributed by atoms with Crippen LogP contribution in [0.1, 0.15) is 30.2 Å². The zero-order chi connectivity index (χ0) is 25.3. The van der Waals surface area contributed by atoms with Gasteiger partial charge in [-0.1, -0.05) is 61.5 Å². The van der Waals surface area contributed by atoms with Gasteiger partial charge in [0.05, 0.1) is 30.2 Å². The Hall–Kier alpha value is -3.61. The summed E-state index contributed by atoms with van der Waals surface area (Å²) < 4.78 is 13.7. The second-order valence-electron chi connectivity index (χ2n) is 8.98. The van der Waals surface area contributed by atoms with E-state index < -0.39 is 6.10 Å². The Morgan fingerprint density at radius 3 is 2.33 bits per heavy atom. The highest BCUT2D eigenvalue weighted by molar-refractivity contribution is 5.44. The minimum Gasteiger partial charge on any atom is -0.497 e. The van der Waals surface area contributed by atoms with E-state index >= 15 is 0 Å². The third kappa shape index (κ3) is 6.53. The number of methoxy groups -OCH3 is 1. The molecule has 0 unspecified atom stereocenters. The van der Waals surface area contributed by atoms with Crippen molar-refractivity contribution in [3.63, 3.8) is 0 Å². The van der Waals surface area contributed by atoms with E-state index in [2.05, 4.69) is 24.0 Å². The van der Waals surface area contributed by atoms with Crippen LogP contribution in [0.4, 0.5) is 0 Å². The number of ether oxygens (including phenoxy) is 2. The Morgan fingerprint density at radius 1 is 0.944 bits per heavy atom. The molecule has 0 aliphatic rings. The second kappa shape index (κ2) is 12.4. The molecule has 0 radical (unpaired) electrons. The monoisotopic (exact) mass is 485 g/mol. The maximum Gasteiger partial charge on any atom is 0.227 e. The number of aryl methyl sites for hydroxylation is 1. The van der Waals surface area contributed by atoms with Crippen LogP contribution < -0.4 is 9.47 Å². The number of hydrogen-bond acceptors (Lipinski definition) is 5. The summed E-state index contributed by atoms with van der Waals surface area (Å²) in [5.41, 5.74) is 3.96. The van der Waals surface area contributed by atoms with Crippen LogP contribution >= 0.6 is 0 Å². The van der Waals surface area contributed by atoms with Crippen molar-refractivity contribution in [3.05, 3.63) is 102 Å². The van der Waals surface area contributed by atoms with Crippen LogP contribution in [0.5, 0.6) is 17.4 Å². The maximum atomic E-state index is 10.9. The summed E-state index contributed by atoms with van der Waals surface area (Å²) in [6, 6.07) is 27.7. The molecule has 4 aromatic rings. The average molecular weight is 486 g/mol. The standard InChI is InChI=1S/C30H35N3O3/c1-4-18-32(21-26(34)19-24-12-7-5-8-13-24)22-29-23(2)31-33(25-14-9-6-10-15-25)30(29)36-28-17-11-16-27(20-28)35-3/h5-17,20,26,34H,4,18-19,21-22H2,1-3H3/t26-/m1/s1. The molecule has 0 saturated heterocycles. The third-order valence-electron chi connectivity index (χ3n) is 6.10. The molecule has 0 bridgehead atoms. The van der Waals surface area contributed by atoms with Crippen LogP contribution in [0.2, 0.25) is 0 Å². The number of aliphatic hydroxyl groups excluding tert-OH is 1. The highest BCUT2D eigenvalue weighted by Gasteiger charge is 2.22. The second-order valence-corrected chi connectivity index (χ2v) is 8.98. The van der Waals surface area contributed by atoms with Crippen LogP contribution in [-0.2, 0) is 13.0 Å². The van der Waals surface area contributed by atoms with Gasteiger partial charge in [-0.15, -0.1) is 0 Å². The third-order valence-corrected chi connectivity index (χ3v) is 6.10. The molecule has 36 heavy (non-hydrogen) atoms. The van der Waals surface area contributed by atoms with Crippen molar-refractivity contribution in [1.82, 2.24) is 14.7 Å². The SMILES string of the molecule is CCCN(Cc1c(C)nn(-c2ccccc2)c1Oc1cccc(OC)c1)C[C@H](O)Cc1ccccc1. The van der Waals surface area contributed by atoms with Crippen molar-refractivity contribution in [2.24, 2.45) is 0 Å². The quantitative estimate of drug-likeness (QED) is 0.275. The smallest absolute Gasteiger partial charge is 0.227 e. The summed E-state index contributed by atoms with van der Waals surface area (Å²) in [6.07, 6.45) is 1.14. The largest absolute Gasteiger partial charge is 0.497 e. The van der Waals surface area contributed by atoms with E-state index in [1.165, 1.54) is 0 Å². The number of hydrogen-bond donors (Lipinski definition) is 1. The van der Waals surface area contributed by atoms with Crippen molar-refractivity contribution in [2.45, 2.75) is 39.3 Å². The van der Waals surface area contributed by atoms with Gasteiger partial charge in [-0.2, -0.15) is 5.10 Å². The zero-order valence-electron chi connectivity index (χ0n) is 21.3. The van der Waals surface area contributed by atoms with Crippen LogP contribution in [-0.4, -0.2) is 46.1 Å². The van der Waals surface area contributed by atoms with E-state index in [1.54, 1.807) is 7.11 Å². The summed E-state index contributed by atoms with van der Waals surface area (Å²) in [7, 11) is 1.65. The highest BCUT2D eigenvalue weighted by Crippen LogP contribution is 2.33. The van der Waals surface area contributed by atoms with E-state index in [1.807, 2.05) is 84.4 Å². The van der Waals surface area contributed by atoms with Gasteiger partial charge in [0.2, 0.25) is 5.88 Å². The van der Waals surface area contributed by atoms with Crippen molar-refractivity contribution in [1.29, 1.82) is 0 Å². The lowest BCUT2D eigenvalue weighted by Crippen LogP contribution is -2.34. The molecule has 0 spiro atoms. The summed E-state index contributed by atoms with van der Waals surface area (Å²) >= 11 is 0. The number of rotatable bonds is 12. The molecule has 0 aliphatic carbocycles. The summed E-state index contributed by atoms with van der Waals surface area (Å²) in [5.74, 6) is 2.08. The van der Waals surface area contributed by atoms with Gasteiger partial charge in [0.1, 0.15) is 11.5 Å². The summed E-state index contributed by atoms with van der Waals surface area (Å²) in [5, 5.41) is 15.7. The van der Waals surface area contributed by atoms with Gasteiger partial charge in [-0.3, -0.25) is 4.90 Å². The molecular formula is C30H35N3O3. The first kappa shape index (κ1) is 25.5. The highest BCUT2D eigenvalue weighted by atomic mass is 16.5. The first-order valence-electron chi connectivity index (χ1n) is 12.5. The maximum absolute atomic E-state index is 10.9. The Labute approximate surface area is 213 Å².